The molecule has 4 nitrogen and oxygen atoms in total. The molecule has 0 saturated heterocycles. The van der Waals surface area contributed by atoms with E-state index < -0.39 is 11.8 Å². The van der Waals surface area contributed by atoms with Crippen molar-refractivity contribution in [1.29, 1.82) is 0 Å². The maximum Gasteiger partial charge on any atom is 0.319 e. The van der Waals surface area contributed by atoms with Crippen molar-refractivity contribution in [3.63, 3.8) is 0 Å². The Hall–Kier alpha value is -2.27. The van der Waals surface area contributed by atoms with E-state index in [9.17, 15) is 9.18 Å². The second-order valence-electron chi connectivity index (χ2n) is 4.93. The lowest BCUT2D eigenvalue weighted by molar-refractivity contribution is 0.232. The number of urea groups is 1. The van der Waals surface area contributed by atoms with Crippen LogP contribution in [0.15, 0.2) is 42.5 Å². The fourth-order valence-corrected chi connectivity index (χ4v) is 2.58. The molecular weight excluding hydrogens is 307 g/mol. The predicted molar refractivity (Wildman–Crippen MR) is 82.9 cm³/mol. The minimum absolute atomic E-state index is 0.0331. The first kappa shape index (κ1) is 14.7. The number of anilines is 1. The number of carbonyl (C=O) groups excluding carboxylic acids is 1. The van der Waals surface area contributed by atoms with Crippen molar-refractivity contribution in [3.8, 4) is 5.75 Å². The van der Waals surface area contributed by atoms with Gasteiger partial charge in [0.15, 0.2) is 5.82 Å². The summed E-state index contributed by atoms with van der Waals surface area (Å²) < 4.78 is 19.3. The molecule has 1 aliphatic rings. The summed E-state index contributed by atoms with van der Waals surface area (Å²) in [6.45, 7) is 0.521. The highest BCUT2D eigenvalue weighted by Gasteiger charge is 2.23. The van der Waals surface area contributed by atoms with Gasteiger partial charge < -0.3 is 15.4 Å². The van der Waals surface area contributed by atoms with Crippen molar-refractivity contribution < 1.29 is 13.9 Å². The number of hydrogen-bond donors (Lipinski definition) is 2. The van der Waals surface area contributed by atoms with Gasteiger partial charge in [0, 0.05) is 12.0 Å². The van der Waals surface area contributed by atoms with Crippen LogP contribution in [0.25, 0.3) is 0 Å². The quantitative estimate of drug-likeness (QED) is 0.874. The molecule has 0 unspecified atom stereocenters. The molecular formula is C16H14ClFN2O2. The minimum atomic E-state index is -0.647. The molecule has 2 aromatic rings. The van der Waals surface area contributed by atoms with E-state index in [1.807, 2.05) is 24.3 Å². The zero-order chi connectivity index (χ0) is 15.5. The van der Waals surface area contributed by atoms with E-state index >= 15 is 0 Å². The molecule has 0 radical (unpaired) electrons. The molecule has 1 atom stereocenters. The molecule has 2 aromatic carbocycles. The number of nitrogens with one attached hydrogen (secondary N) is 2. The zero-order valence-electron chi connectivity index (χ0n) is 11.6. The first-order valence-corrected chi connectivity index (χ1v) is 7.26. The van der Waals surface area contributed by atoms with E-state index in [-0.39, 0.29) is 16.8 Å². The molecule has 22 heavy (non-hydrogen) atoms. The molecule has 2 N–H and O–H groups in total. The van der Waals surface area contributed by atoms with Gasteiger partial charge in [-0.05, 0) is 18.2 Å². The van der Waals surface area contributed by atoms with E-state index in [4.69, 9.17) is 16.3 Å². The summed E-state index contributed by atoms with van der Waals surface area (Å²) in [5.74, 6) is 0.111. The Kier molecular flexibility index (Phi) is 4.15. The van der Waals surface area contributed by atoms with Gasteiger partial charge in [0.25, 0.3) is 0 Å². The van der Waals surface area contributed by atoms with Crippen LogP contribution in [0.5, 0.6) is 5.75 Å². The molecule has 114 valence electrons. The number of carbonyl (C=O) groups is 1. The van der Waals surface area contributed by atoms with Gasteiger partial charge in [0.05, 0.1) is 23.4 Å². The van der Waals surface area contributed by atoms with E-state index in [1.54, 1.807) is 6.07 Å². The molecule has 3 rings (SSSR count). The van der Waals surface area contributed by atoms with Crippen LogP contribution >= 0.6 is 11.6 Å². The molecule has 6 heteroatoms. The lowest BCUT2D eigenvalue weighted by Crippen LogP contribution is -2.35. The second-order valence-corrected chi connectivity index (χ2v) is 5.33. The van der Waals surface area contributed by atoms with Crippen molar-refractivity contribution in [1.82, 2.24) is 5.32 Å². The molecule has 1 heterocycles. The summed E-state index contributed by atoms with van der Waals surface area (Å²) in [4.78, 5) is 12.1. The molecule has 2 amide bonds. The van der Waals surface area contributed by atoms with Crippen LogP contribution in [0.2, 0.25) is 5.02 Å². The van der Waals surface area contributed by atoms with Gasteiger partial charge in [0.1, 0.15) is 5.75 Å². The third-order valence-corrected chi connectivity index (χ3v) is 3.76. The summed E-state index contributed by atoms with van der Waals surface area (Å²) in [5.41, 5.74) is 0.959. The Morgan fingerprint density at radius 2 is 2.05 bits per heavy atom. The van der Waals surface area contributed by atoms with Gasteiger partial charge in [0.2, 0.25) is 0 Å². The Balaban J connectivity index is 1.72. The van der Waals surface area contributed by atoms with Crippen LogP contribution in [-0.2, 0) is 0 Å². The van der Waals surface area contributed by atoms with Gasteiger partial charge in [-0.25, -0.2) is 9.18 Å². The average molecular weight is 321 g/mol. The third-order valence-electron chi connectivity index (χ3n) is 3.46. The molecule has 1 aliphatic heterocycles. The third kappa shape index (κ3) is 2.99. The fourth-order valence-electron chi connectivity index (χ4n) is 2.41. The van der Waals surface area contributed by atoms with Crippen molar-refractivity contribution in [2.75, 3.05) is 11.9 Å². The first-order valence-electron chi connectivity index (χ1n) is 6.88. The summed E-state index contributed by atoms with van der Waals surface area (Å²) in [5, 5.41) is 5.28. The number of benzene rings is 2. The highest BCUT2D eigenvalue weighted by molar-refractivity contribution is 6.31. The Morgan fingerprint density at radius 1 is 1.23 bits per heavy atom. The van der Waals surface area contributed by atoms with Gasteiger partial charge in [-0.15, -0.1) is 0 Å². The van der Waals surface area contributed by atoms with E-state index in [2.05, 4.69) is 10.6 Å². The van der Waals surface area contributed by atoms with E-state index in [0.717, 1.165) is 11.3 Å². The van der Waals surface area contributed by atoms with Gasteiger partial charge >= 0.3 is 6.03 Å². The van der Waals surface area contributed by atoms with Crippen molar-refractivity contribution >= 4 is 23.3 Å². The number of fused-ring (bicyclic) bond motifs is 1. The van der Waals surface area contributed by atoms with Crippen LogP contribution in [0.1, 0.15) is 18.0 Å². The number of para-hydroxylation sites is 1. The lowest BCUT2D eigenvalue weighted by atomic mass is 10.0. The Morgan fingerprint density at radius 3 is 2.91 bits per heavy atom. The molecule has 0 fully saturated rings. The van der Waals surface area contributed by atoms with Crippen LogP contribution < -0.4 is 15.4 Å². The molecule has 0 aromatic heterocycles. The van der Waals surface area contributed by atoms with Crippen LogP contribution in [0, 0.1) is 5.82 Å². The molecule has 0 spiro atoms. The standard InChI is InChI=1S/C16H14ClFN2O2/c17-11-5-3-6-13(15(11)18)20-16(21)19-12-8-9-22-14-7-2-1-4-10(12)14/h1-7,12H,8-9H2,(H2,19,20,21)/t12-/m1/s1. The summed E-state index contributed by atoms with van der Waals surface area (Å²) in [6.07, 6.45) is 0.655. The topological polar surface area (TPSA) is 50.4 Å². The summed E-state index contributed by atoms with van der Waals surface area (Å²) in [7, 11) is 0. The summed E-state index contributed by atoms with van der Waals surface area (Å²) >= 11 is 5.69. The Bertz CT molecular complexity index is 708. The molecule has 0 aliphatic carbocycles. The number of hydrogen-bond acceptors (Lipinski definition) is 2. The number of ether oxygens (including phenoxy) is 1. The SMILES string of the molecule is O=C(Nc1cccc(Cl)c1F)N[C@@H]1CCOc2ccccc21. The highest BCUT2D eigenvalue weighted by Crippen LogP contribution is 2.31. The predicted octanol–water partition coefficient (Wildman–Crippen LogP) is 4.12. The van der Waals surface area contributed by atoms with Crippen LogP contribution in [0.3, 0.4) is 0 Å². The summed E-state index contributed by atoms with van der Waals surface area (Å²) in [6, 6.07) is 11.3. The van der Waals surface area contributed by atoms with Crippen LogP contribution in [-0.4, -0.2) is 12.6 Å². The van der Waals surface area contributed by atoms with Crippen molar-refractivity contribution in [2.45, 2.75) is 12.5 Å². The normalized spacial score (nSPS) is 16.4. The largest absolute Gasteiger partial charge is 0.493 e. The monoisotopic (exact) mass is 320 g/mol. The van der Waals surface area contributed by atoms with Crippen molar-refractivity contribution in [3.05, 3.63) is 58.9 Å². The van der Waals surface area contributed by atoms with Gasteiger partial charge in [-0.2, -0.15) is 0 Å². The number of halogens is 2. The first-order chi connectivity index (χ1) is 10.6. The zero-order valence-corrected chi connectivity index (χ0v) is 12.4. The highest BCUT2D eigenvalue weighted by atomic mass is 35.5. The molecule has 0 saturated carbocycles. The van der Waals surface area contributed by atoms with Gasteiger partial charge in [-0.1, -0.05) is 35.9 Å². The average Bonchev–Trinajstić information content (AvgIpc) is 2.52. The van der Waals surface area contributed by atoms with Crippen LogP contribution in [0.4, 0.5) is 14.9 Å². The van der Waals surface area contributed by atoms with E-state index in [0.29, 0.717) is 13.0 Å². The van der Waals surface area contributed by atoms with E-state index in [1.165, 1.54) is 12.1 Å². The molecule has 0 bridgehead atoms. The fraction of sp³-hybridized carbons (Fsp3) is 0.188. The second kappa shape index (κ2) is 6.23. The number of rotatable bonds is 2. The maximum absolute atomic E-state index is 13.8. The minimum Gasteiger partial charge on any atom is -0.493 e. The number of amides is 2. The maximum atomic E-state index is 13.8. The lowest BCUT2D eigenvalue weighted by Gasteiger charge is -2.26. The smallest absolute Gasteiger partial charge is 0.319 e. The Labute approximate surface area is 132 Å². The van der Waals surface area contributed by atoms with Crippen molar-refractivity contribution in [2.24, 2.45) is 0 Å². The van der Waals surface area contributed by atoms with Gasteiger partial charge in [-0.3, -0.25) is 0 Å².